The maximum atomic E-state index is 2.51. The molecule has 0 aliphatic heterocycles. The molecule has 1 heterocycles. The van der Waals surface area contributed by atoms with E-state index in [9.17, 15) is 0 Å². The molecule has 0 aliphatic rings. The molecule has 2 heteroatoms. The fourth-order valence-electron chi connectivity index (χ4n) is 3.71. The molecule has 0 spiro atoms. The standard InChI is InChI=1S/C23H45N2/c1-4-7-9-10-11-12-13-14-15-16-17-18-23-24(19-6-3)21-22-25(23)20-8-5-2/h21-22H,4-20H2,1-3H3/q+1. The van der Waals surface area contributed by atoms with Gasteiger partial charge in [0.1, 0.15) is 12.4 Å². The second kappa shape index (κ2) is 15.5. The van der Waals surface area contributed by atoms with Crippen molar-refractivity contribution in [3.05, 3.63) is 18.2 Å². The fourth-order valence-corrected chi connectivity index (χ4v) is 3.71. The lowest BCUT2D eigenvalue weighted by Crippen LogP contribution is -2.37. The summed E-state index contributed by atoms with van der Waals surface area (Å²) in [4.78, 5) is 0. The highest BCUT2D eigenvalue weighted by molar-refractivity contribution is 4.84. The van der Waals surface area contributed by atoms with E-state index in [-0.39, 0.29) is 0 Å². The molecule has 0 amide bonds. The molecule has 0 bridgehead atoms. The van der Waals surface area contributed by atoms with E-state index in [2.05, 4.69) is 42.3 Å². The van der Waals surface area contributed by atoms with Crippen LogP contribution in [-0.4, -0.2) is 4.57 Å². The first-order chi connectivity index (χ1) is 12.3. The Bertz CT molecular complexity index is 408. The minimum Gasteiger partial charge on any atom is -0.234 e. The molecular formula is C23H45N2+. The van der Waals surface area contributed by atoms with Gasteiger partial charge in [0.25, 0.3) is 5.82 Å². The average molecular weight is 350 g/mol. The van der Waals surface area contributed by atoms with Crippen molar-refractivity contribution in [2.45, 2.75) is 130 Å². The summed E-state index contributed by atoms with van der Waals surface area (Å²) in [5, 5.41) is 0. The first-order valence-electron chi connectivity index (χ1n) is 11.4. The number of rotatable bonds is 17. The van der Waals surface area contributed by atoms with Gasteiger partial charge >= 0.3 is 0 Å². The largest absolute Gasteiger partial charge is 0.256 e. The summed E-state index contributed by atoms with van der Waals surface area (Å²) >= 11 is 0. The van der Waals surface area contributed by atoms with Crippen molar-refractivity contribution in [2.75, 3.05) is 0 Å². The summed E-state index contributed by atoms with van der Waals surface area (Å²) in [6.45, 7) is 9.23. The Hall–Kier alpha value is -0.790. The van der Waals surface area contributed by atoms with Crippen molar-refractivity contribution >= 4 is 0 Å². The molecule has 2 nitrogen and oxygen atoms in total. The van der Waals surface area contributed by atoms with Crippen molar-refractivity contribution in [2.24, 2.45) is 0 Å². The van der Waals surface area contributed by atoms with E-state index in [1.807, 2.05) is 0 Å². The van der Waals surface area contributed by atoms with Crippen molar-refractivity contribution < 1.29 is 4.57 Å². The van der Waals surface area contributed by atoms with Gasteiger partial charge in [-0.1, -0.05) is 91.4 Å². The fraction of sp³-hybridized carbons (Fsp3) is 0.870. The van der Waals surface area contributed by atoms with E-state index in [1.54, 1.807) is 5.82 Å². The van der Waals surface area contributed by atoms with Gasteiger partial charge in [-0.2, -0.15) is 0 Å². The monoisotopic (exact) mass is 349 g/mol. The number of aryl methyl sites for hydroxylation is 2. The second-order valence-electron chi connectivity index (χ2n) is 7.74. The Balaban J connectivity index is 2.15. The van der Waals surface area contributed by atoms with Crippen LogP contribution in [0.1, 0.15) is 116 Å². The molecule has 0 atom stereocenters. The SMILES string of the molecule is CCCCCCCCCCCCCc1n(CCC)cc[n+]1CCCC. The van der Waals surface area contributed by atoms with Crippen LogP contribution >= 0.6 is 0 Å². The summed E-state index contributed by atoms with van der Waals surface area (Å²) in [7, 11) is 0. The molecule has 0 fully saturated rings. The van der Waals surface area contributed by atoms with Crippen LogP contribution in [0.5, 0.6) is 0 Å². The van der Waals surface area contributed by atoms with Crippen LogP contribution in [0.2, 0.25) is 0 Å². The van der Waals surface area contributed by atoms with Gasteiger partial charge in [-0.15, -0.1) is 0 Å². The number of hydrogen-bond acceptors (Lipinski definition) is 0. The highest BCUT2D eigenvalue weighted by Crippen LogP contribution is 2.12. The molecule has 0 aromatic carbocycles. The van der Waals surface area contributed by atoms with Gasteiger partial charge in [0.15, 0.2) is 0 Å². The zero-order valence-electron chi connectivity index (χ0n) is 17.6. The van der Waals surface area contributed by atoms with Gasteiger partial charge in [-0.3, -0.25) is 0 Å². The lowest BCUT2D eigenvalue weighted by molar-refractivity contribution is -0.704. The Kier molecular flexibility index (Phi) is 13.8. The van der Waals surface area contributed by atoms with E-state index in [0.29, 0.717) is 0 Å². The maximum absolute atomic E-state index is 2.51. The molecule has 0 saturated heterocycles. The highest BCUT2D eigenvalue weighted by atomic mass is 15.1. The molecule has 146 valence electrons. The summed E-state index contributed by atoms with van der Waals surface area (Å²) in [6, 6.07) is 0. The first kappa shape index (κ1) is 22.3. The molecular weight excluding hydrogens is 304 g/mol. The predicted molar refractivity (Wildman–Crippen MR) is 110 cm³/mol. The molecule has 0 aliphatic carbocycles. The number of nitrogens with zero attached hydrogens (tertiary/aromatic N) is 2. The highest BCUT2D eigenvalue weighted by Gasteiger charge is 2.15. The van der Waals surface area contributed by atoms with Gasteiger partial charge in [0, 0.05) is 6.42 Å². The van der Waals surface area contributed by atoms with Crippen LogP contribution in [0.4, 0.5) is 0 Å². The Morgan fingerprint density at radius 3 is 1.80 bits per heavy atom. The van der Waals surface area contributed by atoms with E-state index in [0.717, 1.165) is 0 Å². The van der Waals surface area contributed by atoms with Gasteiger partial charge in [-0.05, 0) is 19.3 Å². The van der Waals surface area contributed by atoms with Crippen LogP contribution in [0, 0.1) is 0 Å². The first-order valence-corrected chi connectivity index (χ1v) is 11.4. The van der Waals surface area contributed by atoms with Crippen LogP contribution < -0.4 is 4.57 Å². The normalized spacial score (nSPS) is 11.3. The minimum atomic E-state index is 1.17. The van der Waals surface area contributed by atoms with Crippen molar-refractivity contribution in [1.82, 2.24) is 4.57 Å². The van der Waals surface area contributed by atoms with Gasteiger partial charge in [0.2, 0.25) is 0 Å². The molecule has 0 unspecified atom stereocenters. The van der Waals surface area contributed by atoms with E-state index in [4.69, 9.17) is 0 Å². The molecule has 0 N–H and O–H groups in total. The number of hydrogen-bond donors (Lipinski definition) is 0. The van der Waals surface area contributed by atoms with Crippen molar-refractivity contribution in [3.8, 4) is 0 Å². The lowest BCUT2D eigenvalue weighted by Gasteiger charge is -2.05. The zero-order chi connectivity index (χ0) is 18.2. The van der Waals surface area contributed by atoms with Crippen molar-refractivity contribution in [3.63, 3.8) is 0 Å². The molecule has 1 rings (SSSR count). The Morgan fingerprint density at radius 1 is 0.680 bits per heavy atom. The summed E-state index contributed by atoms with van der Waals surface area (Å²) in [5.74, 6) is 1.56. The van der Waals surface area contributed by atoms with Crippen LogP contribution in [0.3, 0.4) is 0 Å². The number of imidazole rings is 1. The Morgan fingerprint density at radius 2 is 1.24 bits per heavy atom. The smallest absolute Gasteiger partial charge is 0.234 e. The molecule has 0 saturated carbocycles. The maximum Gasteiger partial charge on any atom is 0.256 e. The number of aromatic nitrogens is 2. The number of unbranched alkanes of at least 4 members (excludes halogenated alkanes) is 11. The van der Waals surface area contributed by atoms with Gasteiger partial charge < -0.3 is 0 Å². The topological polar surface area (TPSA) is 8.81 Å². The van der Waals surface area contributed by atoms with Crippen molar-refractivity contribution in [1.29, 1.82) is 0 Å². The summed E-state index contributed by atoms with van der Waals surface area (Å²) in [6.07, 6.45) is 25.4. The lowest BCUT2D eigenvalue weighted by atomic mass is 10.1. The third kappa shape index (κ3) is 10.1. The van der Waals surface area contributed by atoms with E-state index in [1.165, 1.54) is 109 Å². The quantitative estimate of drug-likeness (QED) is 0.215. The average Bonchev–Trinajstić information content (AvgIpc) is 3.00. The van der Waals surface area contributed by atoms with Gasteiger partial charge in [-0.25, -0.2) is 9.13 Å². The summed E-state index contributed by atoms with van der Waals surface area (Å²) < 4.78 is 5.00. The van der Waals surface area contributed by atoms with E-state index >= 15 is 0 Å². The molecule has 0 radical (unpaired) electrons. The molecule has 1 aromatic rings. The zero-order valence-corrected chi connectivity index (χ0v) is 17.6. The second-order valence-corrected chi connectivity index (χ2v) is 7.74. The Labute approximate surface area is 158 Å². The molecule has 25 heavy (non-hydrogen) atoms. The predicted octanol–water partition coefficient (Wildman–Crippen LogP) is 6.84. The van der Waals surface area contributed by atoms with E-state index < -0.39 is 0 Å². The third-order valence-electron chi connectivity index (χ3n) is 5.31. The third-order valence-corrected chi connectivity index (χ3v) is 5.31. The van der Waals surface area contributed by atoms with Crippen LogP contribution in [0.15, 0.2) is 12.4 Å². The minimum absolute atomic E-state index is 1.17. The van der Waals surface area contributed by atoms with Gasteiger partial charge in [0.05, 0.1) is 13.1 Å². The van der Waals surface area contributed by atoms with Crippen LogP contribution in [-0.2, 0) is 19.5 Å². The summed E-state index contributed by atoms with van der Waals surface area (Å²) in [5.41, 5.74) is 0. The molecule has 1 aromatic heterocycles. The van der Waals surface area contributed by atoms with Crippen LogP contribution in [0.25, 0.3) is 0 Å².